The van der Waals surface area contributed by atoms with Crippen molar-refractivity contribution < 1.29 is 14.2 Å². The molecule has 1 saturated heterocycles. The second-order valence-corrected chi connectivity index (χ2v) is 8.19. The van der Waals surface area contributed by atoms with Crippen LogP contribution < -0.4 is 9.47 Å². The maximum atomic E-state index is 5.86. The van der Waals surface area contributed by atoms with Crippen molar-refractivity contribution in [3.63, 3.8) is 0 Å². The first-order valence-corrected chi connectivity index (χ1v) is 11.9. The van der Waals surface area contributed by atoms with Crippen molar-refractivity contribution in [2.24, 2.45) is 0 Å². The molecule has 28 heavy (non-hydrogen) atoms. The summed E-state index contributed by atoms with van der Waals surface area (Å²) in [5.41, 5.74) is 0. The summed E-state index contributed by atoms with van der Waals surface area (Å²) >= 11 is 0. The number of hydrogen-bond donors (Lipinski definition) is 0. The van der Waals surface area contributed by atoms with E-state index in [1.165, 1.54) is 83.5 Å². The quantitative estimate of drug-likeness (QED) is 0.183. The van der Waals surface area contributed by atoms with Gasteiger partial charge in [-0.05, 0) is 18.6 Å². The van der Waals surface area contributed by atoms with E-state index in [2.05, 4.69) is 6.92 Å². The lowest BCUT2D eigenvalue weighted by atomic mass is 10.0. The molecule has 160 valence electrons. The molecule has 0 aliphatic carbocycles. The van der Waals surface area contributed by atoms with Gasteiger partial charge in [-0.25, -0.2) is 0 Å². The molecule has 0 radical (unpaired) electrons. The van der Waals surface area contributed by atoms with Gasteiger partial charge in [0.15, 0.2) is 0 Å². The Morgan fingerprint density at radius 3 is 1.79 bits per heavy atom. The highest BCUT2D eigenvalue weighted by molar-refractivity contribution is 5.32. The van der Waals surface area contributed by atoms with E-state index in [4.69, 9.17) is 14.2 Å². The van der Waals surface area contributed by atoms with Crippen LogP contribution in [0, 0.1) is 0 Å². The van der Waals surface area contributed by atoms with Gasteiger partial charge in [-0.2, -0.15) is 0 Å². The van der Waals surface area contributed by atoms with Gasteiger partial charge < -0.3 is 14.2 Å². The van der Waals surface area contributed by atoms with Crippen LogP contribution in [0.15, 0.2) is 24.3 Å². The maximum absolute atomic E-state index is 5.86. The van der Waals surface area contributed by atoms with Crippen LogP contribution in [-0.4, -0.2) is 25.9 Å². The van der Waals surface area contributed by atoms with Gasteiger partial charge in [0.2, 0.25) is 0 Å². The molecule has 1 aliphatic heterocycles. The molecule has 1 fully saturated rings. The number of epoxide rings is 1. The highest BCUT2D eigenvalue weighted by Crippen LogP contribution is 2.21. The summed E-state index contributed by atoms with van der Waals surface area (Å²) in [4.78, 5) is 0. The van der Waals surface area contributed by atoms with Crippen molar-refractivity contribution in [1.29, 1.82) is 0 Å². The van der Waals surface area contributed by atoms with Crippen LogP contribution in [0.25, 0.3) is 0 Å². The molecule has 1 aliphatic rings. The summed E-state index contributed by atoms with van der Waals surface area (Å²) < 4.78 is 16.7. The summed E-state index contributed by atoms with van der Waals surface area (Å²) in [6.45, 7) is 4.55. The van der Waals surface area contributed by atoms with Crippen molar-refractivity contribution in [2.45, 2.75) is 103 Å². The highest BCUT2D eigenvalue weighted by atomic mass is 16.6. The van der Waals surface area contributed by atoms with Crippen molar-refractivity contribution in [2.75, 3.05) is 19.8 Å². The minimum absolute atomic E-state index is 0.292. The standard InChI is InChI=1S/C25H42O3/c1-2-3-4-5-6-7-8-9-10-11-12-13-14-15-19-26-23-17-16-18-24(20-23)27-21-25-22-28-25/h16-18,20,25H,2-15,19,21-22H2,1H3. The molecule has 3 heteroatoms. The van der Waals surface area contributed by atoms with Gasteiger partial charge in [0.25, 0.3) is 0 Å². The van der Waals surface area contributed by atoms with Crippen molar-refractivity contribution in [3.05, 3.63) is 24.3 Å². The van der Waals surface area contributed by atoms with E-state index in [0.717, 1.165) is 31.1 Å². The second kappa shape index (κ2) is 15.7. The molecule has 0 bridgehead atoms. The van der Waals surface area contributed by atoms with Crippen molar-refractivity contribution in [1.82, 2.24) is 0 Å². The van der Waals surface area contributed by atoms with Crippen molar-refractivity contribution >= 4 is 0 Å². The minimum atomic E-state index is 0.292. The van der Waals surface area contributed by atoms with Gasteiger partial charge in [0, 0.05) is 6.07 Å². The Morgan fingerprint density at radius 2 is 1.25 bits per heavy atom. The third-order valence-corrected chi connectivity index (χ3v) is 5.41. The first-order chi connectivity index (χ1) is 13.9. The molecule has 1 aromatic rings. The molecule has 1 heterocycles. The fourth-order valence-electron chi connectivity index (χ4n) is 3.49. The predicted octanol–water partition coefficient (Wildman–Crippen LogP) is 7.32. The summed E-state index contributed by atoms with van der Waals surface area (Å²) in [5, 5.41) is 0. The molecule has 0 spiro atoms. The Balaban J connectivity index is 1.33. The van der Waals surface area contributed by atoms with Crippen LogP contribution in [0.1, 0.15) is 96.8 Å². The predicted molar refractivity (Wildman–Crippen MR) is 117 cm³/mol. The summed E-state index contributed by atoms with van der Waals surface area (Å²) in [5.74, 6) is 1.78. The Labute approximate surface area is 173 Å². The monoisotopic (exact) mass is 390 g/mol. The normalized spacial score (nSPS) is 15.5. The Morgan fingerprint density at radius 1 is 0.750 bits per heavy atom. The molecule has 0 saturated carbocycles. The molecular weight excluding hydrogens is 348 g/mol. The van der Waals surface area contributed by atoms with Gasteiger partial charge in [0.05, 0.1) is 13.2 Å². The molecule has 0 N–H and O–H groups in total. The molecule has 1 aromatic carbocycles. The topological polar surface area (TPSA) is 31.0 Å². The second-order valence-electron chi connectivity index (χ2n) is 8.19. The van der Waals surface area contributed by atoms with E-state index < -0.39 is 0 Å². The van der Waals surface area contributed by atoms with Crippen LogP contribution >= 0.6 is 0 Å². The zero-order valence-electron chi connectivity index (χ0n) is 18.1. The van der Waals surface area contributed by atoms with Crippen LogP contribution in [0.2, 0.25) is 0 Å². The van der Waals surface area contributed by atoms with Gasteiger partial charge in [-0.3, -0.25) is 0 Å². The van der Waals surface area contributed by atoms with E-state index in [1.807, 2.05) is 24.3 Å². The molecule has 1 atom stereocenters. The zero-order chi connectivity index (χ0) is 19.7. The average Bonchev–Trinajstić information content (AvgIpc) is 3.54. The molecule has 1 unspecified atom stereocenters. The third kappa shape index (κ3) is 12.3. The lowest BCUT2D eigenvalue weighted by Gasteiger charge is -2.09. The average molecular weight is 391 g/mol. The van der Waals surface area contributed by atoms with Gasteiger partial charge >= 0.3 is 0 Å². The lowest BCUT2D eigenvalue weighted by Crippen LogP contribution is -2.04. The number of benzene rings is 1. The molecule has 2 rings (SSSR count). The Bertz CT molecular complexity index is 484. The summed E-state index contributed by atoms with van der Waals surface area (Å²) in [6.07, 6.45) is 19.7. The molecular formula is C25H42O3. The molecule has 0 aromatic heterocycles. The van der Waals surface area contributed by atoms with Crippen LogP contribution in [0.4, 0.5) is 0 Å². The SMILES string of the molecule is CCCCCCCCCCCCCCCCOc1cccc(OCC2CO2)c1. The maximum Gasteiger partial charge on any atom is 0.123 e. The van der Waals surface area contributed by atoms with E-state index in [9.17, 15) is 0 Å². The fourth-order valence-corrected chi connectivity index (χ4v) is 3.49. The number of rotatable bonds is 19. The molecule has 0 amide bonds. The fraction of sp³-hybridized carbons (Fsp3) is 0.760. The van der Waals surface area contributed by atoms with E-state index >= 15 is 0 Å². The smallest absolute Gasteiger partial charge is 0.123 e. The van der Waals surface area contributed by atoms with E-state index in [1.54, 1.807) is 0 Å². The number of ether oxygens (including phenoxy) is 3. The Kier molecular flexibility index (Phi) is 12.9. The van der Waals surface area contributed by atoms with Gasteiger partial charge in [-0.15, -0.1) is 0 Å². The summed E-state index contributed by atoms with van der Waals surface area (Å²) in [6, 6.07) is 7.95. The van der Waals surface area contributed by atoms with Gasteiger partial charge in [-0.1, -0.05) is 96.5 Å². The van der Waals surface area contributed by atoms with E-state index in [0.29, 0.717) is 12.7 Å². The molecule has 3 nitrogen and oxygen atoms in total. The van der Waals surface area contributed by atoms with E-state index in [-0.39, 0.29) is 0 Å². The number of unbranched alkanes of at least 4 members (excludes halogenated alkanes) is 13. The lowest BCUT2D eigenvalue weighted by molar-refractivity contribution is 0.259. The first-order valence-electron chi connectivity index (χ1n) is 11.9. The van der Waals surface area contributed by atoms with Crippen molar-refractivity contribution in [3.8, 4) is 11.5 Å². The highest BCUT2D eigenvalue weighted by Gasteiger charge is 2.23. The zero-order valence-corrected chi connectivity index (χ0v) is 18.1. The Hall–Kier alpha value is -1.22. The number of hydrogen-bond acceptors (Lipinski definition) is 3. The largest absolute Gasteiger partial charge is 0.493 e. The van der Waals surface area contributed by atoms with Crippen LogP contribution in [0.5, 0.6) is 11.5 Å². The minimum Gasteiger partial charge on any atom is -0.493 e. The van der Waals surface area contributed by atoms with Crippen LogP contribution in [0.3, 0.4) is 0 Å². The van der Waals surface area contributed by atoms with Crippen LogP contribution in [-0.2, 0) is 4.74 Å². The van der Waals surface area contributed by atoms with Gasteiger partial charge in [0.1, 0.15) is 24.2 Å². The summed E-state index contributed by atoms with van der Waals surface area (Å²) in [7, 11) is 0. The first kappa shape index (κ1) is 23.1. The third-order valence-electron chi connectivity index (χ3n) is 5.41.